The summed E-state index contributed by atoms with van der Waals surface area (Å²) >= 11 is 0. The van der Waals surface area contributed by atoms with Crippen LogP contribution in [0.3, 0.4) is 0 Å². The summed E-state index contributed by atoms with van der Waals surface area (Å²) in [6.45, 7) is 2.21. The van der Waals surface area contributed by atoms with E-state index in [0.717, 1.165) is 0 Å². The Morgan fingerprint density at radius 3 is 1.56 bits per heavy atom. The van der Waals surface area contributed by atoms with E-state index in [1.165, 1.54) is 5.75 Å². The Balaban J connectivity index is 0. The van der Waals surface area contributed by atoms with E-state index in [9.17, 15) is 0 Å². The molecular formula is C4H11NO3S. The molecule has 0 heterocycles. The molecule has 0 fully saturated rings. The lowest BCUT2D eigenvalue weighted by atomic mass is 11.0. The fraction of sp³-hybridized carbons (Fsp3) is 1.00. The number of hydrogen-bond acceptors (Lipinski definition) is 3. The van der Waals surface area contributed by atoms with Gasteiger partial charge in [-0.2, -0.15) is 0 Å². The molecule has 0 aliphatic carbocycles. The highest BCUT2D eigenvalue weighted by atomic mass is 32.2. The Labute approximate surface area is 57.3 Å². The van der Waals surface area contributed by atoms with Gasteiger partial charge < -0.3 is 15.3 Å². The van der Waals surface area contributed by atoms with E-state index in [-0.39, 0.29) is 0 Å². The van der Waals surface area contributed by atoms with Crippen molar-refractivity contribution in [2.45, 2.75) is 6.92 Å². The zero-order chi connectivity index (χ0) is 7.86. The minimum absolute atomic E-state index is 0.677. The van der Waals surface area contributed by atoms with Crippen molar-refractivity contribution in [3.8, 4) is 0 Å². The summed E-state index contributed by atoms with van der Waals surface area (Å²) in [7, 11) is 0.677. The zero-order valence-corrected chi connectivity index (χ0v) is 6.60. The first-order chi connectivity index (χ1) is 4.00. The van der Waals surface area contributed by atoms with Gasteiger partial charge in [0, 0.05) is 0 Å². The van der Waals surface area contributed by atoms with Crippen LogP contribution in [0, 0.1) is 15.3 Å². The van der Waals surface area contributed by atoms with Crippen molar-refractivity contribution >= 4 is 10.9 Å². The second-order valence-electron chi connectivity index (χ2n) is 1.50. The molecule has 9 heavy (non-hydrogen) atoms. The minimum atomic E-state index is -1.75. The van der Waals surface area contributed by atoms with Crippen LogP contribution in [0.5, 0.6) is 0 Å². The van der Waals surface area contributed by atoms with Gasteiger partial charge in [-0.3, -0.25) is 0 Å². The first-order valence-electron chi connectivity index (χ1n) is 2.36. The molecule has 0 aromatic heterocycles. The van der Waals surface area contributed by atoms with Gasteiger partial charge >= 0.3 is 0 Å². The van der Waals surface area contributed by atoms with Crippen LogP contribution < -0.4 is 0 Å². The molecule has 4 nitrogen and oxygen atoms in total. The highest BCUT2D eigenvalue weighted by Crippen LogP contribution is 1.76. The number of nitrogens with zero attached hydrogens (tertiary/aromatic N) is 1. The summed E-state index contributed by atoms with van der Waals surface area (Å²) < 4.78 is 0. The summed E-state index contributed by atoms with van der Waals surface area (Å²) in [6, 6.07) is 0. The van der Waals surface area contributed by atoms with Crippen molar-refractivity contribution in [3.63, 3.8) is 0 Å². The van der Waals surface area contributed by atoms with E-state index in [0.29, 0.717) is 10.9 Å². The summed E-state index contributed by atoms with van der Waals surface area (Å²) in [5, 5.41) is 14.8. The highest BCUT2D eigenvalue weighted by molar-refractivity contribution is 7.95. The first-order valence-corrected chi connectivity index (χ1v) is 4.57. The van der Waals surface area contributed by atoms with Gasteiger partial charge in [-0.25, -0.2) is 0 Å². The molecular weight excluding hydrogens is 142 g/mol. The van der Waals surface area contributed by atoms with Crippen molar-refractivity contribution in [3.05, 3.63) is 15.3 Å². The molecule has 0 radical (unpaired) electrons. The Morgan fingerprint density at radius 1 is 1.44 bits per heavy atom. The fourth-order valence-corrected chi connectivity index (χ4v) is 0. The maximum atomic E-state index is 8.25. The second kappa shape index (κ2) is 7.55. The molecule has 0 aromatic carbocycles. The highest BCUT2D eigenvalue weighted by Gasteiger charge is 1.89. The Bertz CT molecular complexity index is 72.2. The lowest BCUT2D eigenvalue weighted by molar-refractivity contribution is -0.402. The fourth-order valence-electron chi connectivity index (χ4n) is 0. The number of hydrogen-bond donors (Lipinski definition) is 0. The quantitative estimate of drug-likeness (QED) is 0.315. The van der Waals surface area contributed by atoms with E-state index in [4.69, 9.17) is 15.3 Å². The Kier molecular flexibility index (Phi) is 9.53. The number of rotatable bonds is 1. The molecule has 0 saturated heterocycles. The van der Waals surface area contributed by atoms with Crippen LogP contribution in [-0.4, -0.2) is 23.4 Å². The van der Waals surface area contributed by atoms with Crippen molar-refractivity contribution in [1.82, 2.24) is 0 Å². The van der Waals surface area contributed by atoms with Gasteiger partial charge in [0.25, 0.3) is 0 Å². The topological polar surface area (TPSA) is 66.2 Å². The van der Waals surface area contributed by atoms with Gasteiger partial charge in [0.1, 0.15) is 5.75 Å². The third-order valence-corrected chi connectivity index (χ3v) is 1.73. The average Bonchev–Trinajstić information content (AvgIpc) is 1.65. The molecule has 0 rings (SSSR count). The van der Waals surface area contributed by atoms with Crippen LogP contribution in [-0.2, 0) is 10.9 Å². The summed E-state index contributed by atoms with van der Waals surface area (Å²) in [5.74, 6) is 1.33. The van der Waals surface area contributed by atoms with Gasteiger partial charge in [0.2, 0.25) is 0 Å². The molecule has 0 aliphatic heterocycles. The van der Waals surface area contributed by atoms with Crippen molar-refractivity contribution in [2.75, 3.05) is 18.3 Å². The molecule has 0 N–H and O–H groups in total. The van der Waals surface area contributed by atoms with Gasteiger partial charge in [-0.05, 0) is 17.8 Å². The van der Waals surface area contributed by atoms with Crippen LogP contribution in [0.4, 0.5) is 0 Å². The molecule has 0 saturated carbocycles. The average molecular weight is 153 g/mol. The van der Waals surface area contributed by atoms with Crippen molar-refractivity contribution in [1.29, 1.82) is 0 Å². The van der Waals surface area contributed by atoms with Crippen LogP contribution in [0.15, 0.2) is 0 Å². The molecule has 56 valence electrons. The van der Waals surface area contributed by atoms with E-state index < -0.39 is 5.09 Å². The maximum absolute atomic E-state index is 8.25. The largest absolute Gasteiger partial charge is 0.356 e. The molecule has 0 amide bonds. The van der Waals surface area contributed by atoms with Crippen molar-refractivity contribution < 1.29 is 5.09 Å². The lowest BCUT2D eigenvalue weighted by Crippen LogP contribution is -1.94. The second-order valence-corrected chi connectivity index (χ2v) is 4.05. The standard InChI is InChI=1S/C4H11S.NO3/c1-4-5(2)3;2-1(3)4/h4H2,1-3H3;/q+1;-1. The summed E-state index contributed by atoms with van der Waals surface area (Å²) in [4.78, 5) is 8.25. The molecule has 0 unspecified atom stereocenters. The molecule has 0 aliphatic rings. The van der Waals surface area contributed by atoms with Crippen LogP contribution in [0.25, 0.3) is 0 Å². The van der Waals surface area contributed by atoms with Gasteiger partial charge in [0.15, 0.2) is 0 Å². The van der Waals surface area contributed by atoms with Gasteiger partial charge in [0.05, 0.1) is 17.6 Å². The van der Waals surface area contributed by atoms with E-state index in [2.05, 4.69) is 19.4 Å². The summed E-state index contributed by atoms with van der Waals surface area (Å²) in [6.07, 6.45) is 4.50. The van der Waals surface area contributed by atoms with E-state index in [1.807, 2.05) is 0 Å². The molecule has 0 aromatic rings. The normalized spacial score (nSPS) is 8.00. The van der Waals surface area contributed by atoms with Crippen molar-refractivity contribution in [2.24, 2.45) is 0 Å². The monoisotopic (exact) mass is 153 g/mol. The smallest absolute Gasteiger partial charge is 0.104 e. The summed E-state index contributed by atoms with van der Waals surface area (Å²) in [5.41, 5.74) is 0. The third-order valence-electron chi connectivity index (χ3n) is 0.577. The zero-order valence-electron chi connectivity index (χ0n) is 5.79. The van der Waals surface area contributed by atoms with Gasteiger partial charge in [-0.1, -0.05) is 0 Å². The van der Waals surface area contributed by atoms with Crippen LogP contribution in [0.2, 0.25) is 0 Å². The third kappa shape index (κ3) is 96.8. The predicted octanol–water partition coefficient (Wildman–Crippen LogP) is 0.645. The molecule has 0 bridgehead atoms. The molecule has 0 spiro atoms. The lowest BCUT2D eigenvalue weighted by Gasteiger charge is -1.81. The van der Waals surface area contributed by atoms with Gasteiger partial charge in [-0.15, -0.1) is 0 Å². The SMILES string of the molecule is CC[S+](C)C.O=[N+]([O-])[O-]. The molecule has 0 atom stereocenters. The minimum Gasteiger partial charge on any atom is -0.356 e. The predicted molar refractivity (Wildman–Crippen MR) is 40.1 cm³/mol. The Hall–Kier alpha value is -0.450. The van der Waals surface area contributed by atoms with E-state index in [1.54, 1.807) is 0 Å². The first kappa shape index (κ1) is 11.4. The Morgan fingerprint density at radius 2 is 1.56 bits per heavy atom. The van der Waals surface area contributed by atoms with Crippen LogP contribution >= 0.6 is 0 Å². The molecule has 5 heteroatoms. The maximum Gasteiger partial charge on any atom is 0.104 e. The van der Waals surface area contributed by atoms with E-state index >= 15 is 0 Å². The van der Waals surface area contributed by atoms with Crippen LogP contribution in [0.1, 0.15) is 6.92 Å².